The molecule has 0 N–H and O–H groups in total. The lowest BCUT2D eigenvalue weighted by Gasteiger charge is -2.00. The minimum atomic E-state index is 0.783. The molecule has 0 aliphatic rings. The van der Waals surface area contributed by atoms with Gasteiger partial charge in [-0.25, -0.2) is 0 Å². The summed E-state index contributed by atoms with van der Waals surface area (Å²) in [5, 5.41) is 0. The van der Waals surface area contributed by atoms with Crippen molar-refractivity contribution >= 4 is 5.71 Å². The number of ether oxygens (including phenoxy) is 1. The van der Waals surface area contributed by atoms with E-state index in [1.807, 2.05) is 25.1 Å². The molecule has 0 aromatic heterocycles. The van der Waals surface area contributed by atoms with E-state index >= 15 is 0 Å². The number of aliphatic imine (C=N–C) groups is 1. The van der Waals surface area contributed by atoms with Crippen molar-refractivity contribution in [1.29, 1.82) is 0 Å². The Morgan fingerprint density at radius 1 is 1.29 bits per heavy atom. The van der Waals surface area contributed by atoms with E-state index in [1.165, 1.54) is 5.56 Å². The van der Waals surface area contributed by atoms with Gasteiger partial charge in [0, 0.05) is 26.0 Å². The molecule has 76 valence electrons. The summed E-state index contributed by atoms with van der Waals surface area (Å²) in [6, 6.07) is 10.2. The molecule has 0 saturated heterocycles. The molecule has 2 nitrogen and oxygen atoms in total. The predicted molar refractivity (Wildman–Crippen MR) is 60.0 cm³/mol. The molecule has 1 aromatic rings. The van der Waals surface area contributed by atoms with Crippen LogP contribution in [0.15, 0.2) is 35.3 Å². The van der Waals surface area contributed by atoms with Crippen LogP contribution in [0.3, 0.4) is 0 Å². The van der Waals surface area contributed by atoms with Gasteiger partial charge in [0.2, 0.25) is 0 Å². The normalized spacial score (nSPS) is 11.7. The third-order valence-electron chi connectivity index (χ3n) is 2.05. The second kappa shape index (κ2) is 6.33. The van der Waals surface area contributed by atoms with Gasteiger partial charge in [0.05, 0.1) is 0 Å². The summed E-state index contributed by atoms with van der Waals surface area (Å²) in [5.41, 5.74) is 2.30. The quantitative estimate of drug-likeness (QED) is 0.517. The maximum atomic E-state index is 4.96. The van der Waals surface area contributed by atoms with Gasteiger partial charge in [0.15, 0.2) is 0 Å². The van der Waals surface area contributed by atoms with Gasteiger partial charge >= 0.3 is 0 Å². The Morgan fingerprint density at radius 2 is 2.00 bits per heavy atom. The predicted octanol–water partition coefficient (Wildman–Crippen LogP) is 2.53. The maximum absolute atomic E-state index is 4.96. The van der Waals surface area contributed by atoms with Gasteiger partial charge < -0.3 is 4.74 Å². The molecule has 0 heterocycles. The molecule has 0 bridgehead atoms. The Kier molecular flexibility index (Phi) is 4.94. The van der Waals surface area contributed by atoms with Crippen LogP contribution in [0.4, 0.5) is 0 Å². The van der Waals surface area contributed by atoms with Gasteiger partial charge in [-0.2, -0.15) is 0 Å². The molecule has 14 heavy (non-hydrogen) atoms. The van der Waals surface area contributed by atoms with Gasteiger partial charge in [0.1, 0.15) is 0 Å². The first kappa shape index (κ1) is 10.9. The highest BCUT2D eigenvalue weighted by molar-refractivity contribution is 5.98. The molecule has 0 aliphatic carbocycles. The molecule has 1 aromatic carbocycles. The molecule has 0 aliphatic heterocycles. The average molecular weight is 191 g/mol. The zero-order valence-electron chi connectivity index (χ0n) is 8.86. The van der Waals surface area contributed by atoms with Gasteiger partial charge in [0.25, 0.3) is 0 Å². The molecule has 0 fully saturated rings. The van der Waals surface area contributed by atoms with E-state index in [1.54, 1.807) is 7.11 Å². The molecular weight excluding hydrogens is 174 g/mol. The summed E-state index contributed by atoms with van der Waals surface area (Å²) >= 11 is 0. The Hall–Kier alpha value is -1.15. The lowest BCUT2D eigenvalue weighted by Crippen LogP contribution is -1.98. The van der Waals surface area contributed by atoms with Crippen molar-refractivity contribution in [1.82, 2.24) is 0 Å². The van der Waals surface area contributed by atoms with E-state index < -0.39 is 0 Å². The fourth-order valence-electron chi connectivity index (χ4n) is 1.23. The number of rotatable bonds is 5. The number of hydrogen-bond acceptors (Lipinski definition) is 2. The van der Waals surface area contributed by atoms with Crippen molar-refractivity contribution in [2.45, 2.75) is 13.3 Å². The van der Waals surface area contributed by atoms with E-state index in [0.29, 0.717) is 0 Å². The summed E-state index contributed by atoms with van der Waals surface area (Å²) in [6.07, 6.45) is 0.987. The Morgan fingerprint density at radius 3 is 2.64 bits per heavy atom. The van der Waals surface area contributed by atoms with Crippen LogP contribution in [-0.4, -0.2) is 26.0 Å². The molecule has 0 saturated carbocycles. The lowest BCUT2D eigenvalue weighted by atomic mass is 10.1. The van der Waals surface area contributed by atoms with Crippen molar-refractivity contribution in [2.75, 3.05) is 20.3 Å². The minimum absolute atomic E-state index is 0.783. The van der Waals surface area contributed by atoms with Crippen molar-refractivity contribution < 1.29 is 4.74 Å². The van der Waals surface area contributed by atoms with Crippen LogP contribution < -0.4 is 0 Å². The summed E-state index contributed by atoms with van der Waals surface area (Å²) in [6.45, 7) is 3.67. The van der Waals surface area contributed by atoms with Crippen LogP contribution in [0.5, 0.6) is 0 Å². The fraction of sp³-hybridized carbons (Fsp3) is 0.417. The Balaban J connectivity index is 2.44. The maximum Gasteiger partial charge on any atom is 0.0479 e. The van der Waals surface area contributed by atoms with Gasteiger partial charge in [-0.15, -0.1) is 0 Å². The standard InChI is InChI=1S/C12H17NO/c1-11(13-9-6-10-14-2)12-7-4-3-5-8-12/h3-5,7-8H,6,9-10H2,1-2H3. The van der Waals surface area contributed by atoms with Crippen LogP contribution in [0.1, 0.15) is 18.9 Å². The van der Waals surface area contributed by atoms with Gasteiger partial charge in [-0.3, -0.25) is 4.99 Å². The largest absolute Gasteiger partial charge is 0.385 e. The summed E-state index contributed by atoms with van der Waals surface area (Å²) in [7, 11) is 1.72. The smallest absolute Gasteiger partial charge is 0.0479 e. The van der Waals surface area contributed by atoms with E-state index in [9.17, 15) is 0 Å². The van der Waals surface area contributed by atoms with Gasteiger partial charge in [-0.05, 0) is 18.9 Å². The molecule has 0 amide bonds. The van der Waals surface area contributed by atoms with Crippen LogP contribution in [0.2, 0.25) is 0 Å². The highest BCUT2D eigenvalue weighted by Crippen LogP contribution is 2.00. The van der Waals surface area contributed by atoms with E-state index in [2.05, 4.69) is 17.1 Å². The summed E-state index contributed by atoms with van der Waals surface area (Å²) in [4.78, 5) is 4.47. The Bertz CT molecular complexity index is 280. The number of benzene rings is 1. The summed E-state index contributed by atoms with van der Waals surface area (Å²) < 4.78 is 4.96. The van der Waals surface area contributed by atoms with Gasteiger partial charge in [-0.1, -0.05) is 30.3 Å². The SMILES string of the molecule is COCCCN=C(C)c1ccccc1. The second-order valence-electron chi connectivity index (χ2n) is 3.18. The monoisotopic (exact) mass is 191 g/mol. The van der Waals surface area contributed by atoms with Crippen LogP contribution >= 0.6 is 0 Å². The van der Waals surface area contributed by atoms with Crippen molar-refractivity contribution in [2.24, 2.45) is 4.99 Å². The molecule has 0 unspecified atom stereocenters. The molecule has 0 radical (unpaired) electrons. The van der Waals surface area contributed by atoms with Crippen molar-refractivity contribution in [3.8, 4) is 0 Å². The lowest BCUT2D eigenvalue weighted by molar-refractivity contribution is 0.197. The Labute approximate surface area is 85.6 Å². The van der Waals surface area contributed by atoms with Crippen LogP contribution in [0.25, 0.3) is 0 Å². The fourth-order valence-corrected chi connectivity index (χ4v) is 1.23. The first-order valence-electron chi connectivity index (χ1n) is 4.90. The minimum Gasteiger partial charge on any atom is -0.385 e. The second-order valence-corrected chi connectivity index (χ2v) is 3.18. The van der Waals surface area contributed by atoms with E-state index in [0.717, 1.165) is 25.3 Å². The zero-order valence-corrected chi connectivity index (χ0v) is 8.86. The topological polar surface area (TPSA) is 21.6 Å². The third-order valence-corrected chi connectivity index (χ3v) is 2.05. The summed E-state index contributed by atoms with van der Waals surface area (Å²) in [5.74, 6) is 0. The molecule has 0 atom stereocenters. The van der Waals surface area contributed by atoms with E-state index in [-0.39, 0.29) is 0 Å². The van der Waals surface area contributed by atoms with Crippen LogP contribution in [-0.2, 0) is 4.74 Å². The van der Waals surface area contributed by atoms with Crippen molar-refractivity contribution in [3.63, 3.8) is 0 Å². The number of methoxy groups -OCH3 is 1. The highest BCUT2D eigenvalue weighted by Gasteiger charge is 1.93. The zero-order chi connectivity index (χ0) is 10.2. The molecule has 1 rings (SSSR count). The molecule has 0 spiro atoms. The number of hydrogen-bond donors (Lipinski definition) is 0. The highest BCUT2D eigenvalue weighted by atomic mass is 16.5. The van der Waals surface area contributed by atoms with Crippen molar-refractivity contribution in [3.05, 3.63) is 35.9 Å². The first-order valence-corrected chi connectivity index (χ1v) is 4.90. The van der Waals surface area contributed by atoms with E-state index in [4.69, 9.17) is 4.74 Å². The van der Waals surface area contributed by atoms with Crippen LogP contribution in [0, 0.1) is 0 Å². The average Bonchev–Trinajstić information content (AvgIpc) is 2.25. The third kappa shape index (κ3) is 3.71. The molecule has 2 heteroatoms. The first-order chi connectivity index (χ1) is 6.84. The molecular formula is C12H17NO. The number of nitrogens with zero attached hydrogens (tertiary/aromatic N) is 1.